The summed E-state index contributed by atoms with van der Waals surface area (Å²) in [6.45, 7) is 3.43. The molecule has 2 aliphatic rings. The molecule has 0 spiro atoms. The summed E-state index contributed by atoms with van der Waals surface area (Å²) in [5, 5.41) is 3.85. The van der Waals surface area contributed by atoms with Crippen LogP contribution in [0.2, 0.25) is 0 Å². The van der Waals surface area contributed by atoms with Crippen LogP contribution >= 0.6 is 11.5 Å². The molecule has 2 aliphatic heterocycles. The standard InChI is InChI=1S/C23H24N6O2S/c30-20-7-4-12-29(20)19-10-8-18(9-11-19)24-22(31)27-13-15-28(16-14-27)23-25-21(26-32-23)17-5-2-1-3-6-17/h1-3,5-6,8-11H,4,7,12-16H2,(H,24,31). The Hall–Kier alpha value is -3.46. The number of benzene rings is 2. The maximum Gasteiger partial charge on any atom is 0.321 e. The van der Waals surface area contributed by atoms with E-state index < -0.39 is 0 Å². The zero-order valence-corrected chi connectivity index (χ0v) is 18.4. The summed E-state index contributed by atoms with van der Waals surface area (Å²) in [6, 6.07) is 17.3. The molecule has 3 amide bonds. The number of nitrogens with one attached hydrogen (secondary N) is 1. The summed E-state index contributed by atoms with van der Waals surface area (Å²) in [5.41, 5.74) is 2.61. The zero-order valence-electron chi connectivity index (χ0n) is 17.6. The summed E-state index contributed by atoms with van der Waals surface area (Å²) < 4.78 is 4.48. The highest BCUT2D eigenvalue weighted by Crippen LogP contribution is 2.25. The van der Waals surface area contributed by atoms with Gasteiger partial charge < -0.3 is 20.0 Å². The van der Waals surface area contributed by atoms with Gasteiger partial charge in [0, 0.05) is 67.6 Å². The first kappa shape index (κ1) is 20.4. The van der Waals surface area contributed by atoms with E-state index in [4.69, 9.17) is 0 Å². The van der Waals surface area contributed by atoms with Gasteiger partial charge in [-0.05, 0) is 30.7 Å². The summed E-state index contributed by atoms with van der Waals surface area (Å²) in [5.74, 6) is 0.899. The van der Waals surface area contributed by atoms with Gasteiger partial charge in [-0.3, -0.25) is 4.79 Å². The summed E-state index contributed by atoms with van der Waals surface area (Å²) >= 11 is 1.39. The molecule has 0 saturated carbocycles. The first-order chi connectivity index (χ1) is 15.7. The van der Waals surface area contributed by atoms with Crippen molar-refractivity contribution in [1.29, 1.82) is 0 Å². The van der Waals surface area contributed by atoms with Crippen LogP contribution in [-0.2, 0) is 4.79 Å². The van der Waals surface area contributed by atoms with E-state index in [2.05, 4.69) is 19.6 Å². The van der Waals surface area contributed by atoms with Crippen LogP contribution in [0.5, 0.6) is 0 Å². The van der Waals surface area contributed by atoms with Crippen LogP contribution in [0.4, 0.5) is 21.3 Å². The Balaban J connectivity index is 1.15. The number of amides is 3. The molecule has 1 N–H and O–H groups in total. The maximum absolute atomic E-state index is 12.7. The van der Waals surface area contributed by atoms with Gasteiger partial charge in [-0.25, -0.2) is 4.79 Å². The number of carbonyl (C=O) groups is 2. The number of nitrogens with zero attached hydrogens (tertiary/aromatic N) is 5. The second-order valence-electron chi connectivity index (χ2n) is 7.87. The fourth-order valence-corrected chi connectivity index (χ4v) is 4.74. The van der Waals surface area contributed by atoms with E-state index in [1.807, 2.05) is 59.5 Å². The van der Waals surface area contributed by atoms with Crippen molar-refractivity contribution in [3.63, 3.8) is 0 Å². The average Bonchev–Trinajstić information content (AvgIpc) is 3.50. The van der Waals surface area contributed by atoms with Crippen LogP contribution in [0, 0.1) is 0 Å². The molecule has 1 aromatic heterocycles. The summed E-state index contributed by atoms with van der Waals surface area (Å²) in [6.07, 6.45) is 1.50. The fourth-order valence-electron chi connectivity index (χ4n) is 4.00. The fraction of sp³-hybridized carbons (Fsp3) is 0.304. The van der Waals surface area contributed by atoms with Crippen LogP contribution in [-0.4, -0.2) is 58.9 Å². The van der Waals surface area contributed by atoms with Gasteiger partial charge in [-0.2, -0.15) is 9.36 Å². The molecule has 2 fully saturated rings. The average molecular weight is 449 g/mol. The number of piperazine rings is 1. The van der Waals surface area contributed by atoms with Crippen molar-refractivity contribution in [3.05, 3.63) is 54.6 Å². The number of rotatable bonds is 4. The number of anilines is 3. The minimum Gasteiger partial charge on any atom is -0.343 e. The molecule has 0 atom stereocenters. The Labute approximate surface area is 190 Å². The molecule has 2 saturated heterocycles. The molecule has 164 valence electrons. The Morgan fingerprint density at radius 3 is 2.38 bits per heavy atom. The zero-order chi connectivity index (χ0) is 21.9. The molecule has 3 heterocycles. The number of aromatic nitrogens is 2. The van der Waals surface area contributed by atoms with Gasteiger partial charge in [0.05, 0.1) is 0 Å². The van der Waals surface area contributed by atoms with E-state index in [1.165, 1.54) is 11.5 Å². The molecule has 32 heavy (non-hydrogen) atoms. The molecule has 0 radical (unpaired) electrons. The Bertz CT molecular complexity index is 1090. The predicted octanol–water partition coefficient (Wildman–Crippen LogP) is 3.69. The van der Waals surface area contributed by atoms with Crippen molar-refractivity contribution in [2.24, 2.45) is 0 Å². The Morgan fingerprint density at radius 2 is 1.69 bits per heavy atom. The molecule has 0 bridgehead atoms. The largest absolute Gasteiger partial charge is 0.343 e. The molecule has 0 aliphatic carbocycles. The maximum atomic E-state index is 12.7. The van der Waals surface area contributed by atoms with E-state index in [0.717, 1.165) is 40.9 Å². The molecule has 5 rings (SSSR count). The lowest BCUT2D eigenvalue weighted by molar-refractivity contribution is -0.117. The van der Waals surface area contributed by atoms with Crippen molar-refractivity contribution in [2.75, 3.05) is 47.8 Å². The van der Waals surface area contributed by atoms with Crippen LogP contribution in [0.25, 0.3) is 11.4 Å². The highest BCUT2D eigenvalue weighted by Gasteiger charge is 2.24. The number of urea groups is 1. The van der Waals surface area contributed by atoms with Gasteiger partial charge in [0.2, 0.25) is 11.0 Å². The topological polar surface area (TPSA) is 81.7 Å². The van der Waals surface area contributed by atoms with Gasteiger partial charge in [-0.15, -0.1) is 0 Å². The van der Waals surface area contributed by atoms with E-state index in [-0.39, 0.29) is 11.9 Å². The second kappa shape index (κ2) is 8.96. The second-order valence-corrected chi connectivity index (χ2v) is 8.60. The first-order valence-electron chi connectivity index (χ1n) is 10.8. The molecule has 3 aromatic rings. The number of hydrogen-bond acceptors (Lipinski definition) is 6. The smallest absolute Gasteiger partial charge is 0.321 e. The van der Waals surface area contributed by atoms with Crippen LogP contribution < -0.4 is 15.1 Å². The number of hydrogen-bond donors (Lipinski definition) is 1. The van der Waals surface area contributed by atoms with Gasteiger partial charge in [0.1, 0.15) is 0 Å². The van der Waals surface area contributed by atoms with E-state index in [9.17, 15) is 9.59 Å². The van der Waals surface area contributed by atoms with Crippen LogP contribution in [0.1, 0.15) is 12.8 Å². The van der Waals surface area contributed by atoms with Crippen molar-refractivity contribution in [2.45, 2.75) is 12.8 Å². The Morgan fingerprint density at radius 1 is 0.938 bits per heavy atom. The number of carbonyl (C=O) groups excluding carboxylic acids is 2. The third kappa shape index (κ3) is 4.29. The molecular formula is C23H24N6O2S. The monoisotopic (exact) mass is 448 g/mol. The van der Waals surface area contributed by atoms with Gasteiger partial charge in [-0.1, -0.05) is 30.3 Å². The minimum atomic E-state index is -0.114. The van der Waals surface area contributed by atoms with Gasteiger partial charge >= 0.3 is 6.03 Å². The molecular weight excluding hydrogens is 424 g/mol. The van der Waals surface area contributed by atoms with Crippen molar-refractivity contribution in [3.8, 4) is 11.4 Å². The van der Waals surface area contributed by atoms with E-state index in [1.54, 1.807) is 4.90 Å². The van der Waals surface area contributed by atoms with E-state index in [0.29, 0.717) is 32.6 Å². The highest BCUT2D eigenvalue weighted by atomic mass is 32.1. The molecule has 8 nitrogen and oxygen atoms in total. The summed E-state index contributed by atoms with van der Waals surface area (Å²) in [4.78, 5) is 35.0. The van der Waals surface area contributed by atoms with E-state index >= 15 is 0 Å². The minimum absolute atomic E-state index is 0.114. The molecule has 0 unspecified atom stereocenters. The van der Waals surface area contributed by atoms with Gasteiger partial charge in [0.25, 0.3) is 0 Å². The van der Waals surface area contributed by atoms with Crippen molar-refractivity contribution >= 4 is 40.0 Å². The quantitative estimate of drug-likeness (QED) is 0.658. The Kier molecular flexibility index (Phi) is 5.72. The SMILES string of the molecule is O=C(Nc1ccc(N2CCCC2=O)cc1)N1CCN(c2nc(-c3ccccc3)ns2)CC1. The predicted molar refractivity (Wildman–Crippen MR) is 126 cm³/mol. The lowest BCUT2D eigenvalue weighted by Crippen LogP contribution is -2.50. The molecule has 9 heteroatoms. The first-order valence-corrected chi connectivity index (χ1v) is 11.6. The molecule has 2 aromatic carbocycles. The van der Waals surface area contributed by atoms with Gasteiger partial charge in [0.15, 0.2) is 5.82 Å². The third-order valence-electron chi connectivity index (χ3n) is 5.79. The lowest BCUT2D eigenvalue weighted by Gasteiger charge is -2.34. The van der Waals surface area contributed by atoms with Crippen molar-refractivity contribution in [1.82, 2.24) is 14.3 Å². The van der Waals surface area contributed by atoms with Crippen molar-refractivity contribution < 1.29 is 9.59 Å². The van der Waals surface area contributed by atoms with Crippen LogP contribution in [0.15, 0.2) is 54.6 Å². The summed E-state index contributed by atoms with van der Waals surface area (Å²) in [7, 11) is 0. The normalized spacial score (nSPS) is 16.5. The lowest BCUT2D eigenvalue weighted by atomic mass is 10.2. The van der Waals surface area contributed by atoms with Crippen LogP contribution in [0.3, 0.4) is 0 Å². The third-order valence-corrected chi connectivity index (χ3v) is 6.57. The highest BCUT2D eigenvalue weighted by molar-refractivity contribution is 7.09.